The van der Waals surface area contributed by atoms with Crippen LogP contribution in [0.4, 0.5) is 0 Å². The number of rotatable bonds is 4. The van der Waals surface area contributed by atoms with E-state index >= 15 is 0 Å². The maximum atomic E-state index is 10.4. The Bertz CT molecular complexity index is 180. The molecule has 1 atom stereocenters. The summed E-state index contributed by atoms with van der Waals surface area (Å²) < 4.78 is 0. The lowest BCUT2D eigenvalue weighted by Gasteiger charge is -2.06. The molecular formula is C7H11NO3. The van der Waals surface area contributed by atoms with Crippen LogP contribution in [0.25, 0.3) is 0 Å². The highest BCUT2D eigenvalue weighted by atomic mass is 16.4. The molecule has 0 aliphatic carbocycles. The number of isocyanates is 1. The summed E-state index contributed by atoms with van der Waals surface area (Å²) in [5.41, 5.74) is 0. The second kappa shape index (κ2) is 4.63. The first-order chi connectivity index (χ1) is 5.07. The molecule has 0 heterocycles. The fraction of sp³-hybridized carbons (Fsp3) is 0.714. The Balaban J connectivity index is 4.11. The van der Waals surface area contributed by atoms with E-state index in [0.29, 0.717) is 6.42 Å². The molecule has 0 aromatic carbocycles. The summed E-state index contributed by atoms with van der Waals surface area (Å²) in [6.07, 6.45) is 1.63. The molecule has 0 saturated heterocycles. The summed E-state index contributed by atoms with van der Waals surface area (Å²) in [5.74, 6) is -0.852. The third-order valence-electron chi connectivity index (χ3n) is 1.19. The van der Waals surface area contributed by atoms with Gasteiger partial charge in [0.25, 0.3) is 0 Å². The third kappa shape index (κ3) is 4.28. The Morgan fingerprint density at radius 2 is 2.18 bits per heavy atom. The largest absolute Gasteiger partial charge is 0.480 e. The average molecular weight is 157 g/mol. The van der Waals surface area contributed by atoms with E-state index in [1.54, 1.807) is 0 Å². The van der Waals surface area contributed by atoms with Gasteiger partial charge >= 0.3 is 5.97 Å². The third-order valence-corrected chi connectivity index (χ3v) is 1.19. The van der Waals surface area contributed by atoms with Gasteiger partial charge in [-0.25, -0.2) is 9.59 Å². The molecule has 0 aromatic heterocycles. The molecule has 0 aliphatic heterocycles. The number of aliphatic carboxylic acids is 1. The molecule has 62 valence electrons. The van der Waals surface area contributed by atoms with E-state index in [2.05, 4.69) is 4.99 Å². The van der Waals surface area contributed by atoms with Crippen LogP contribution in [0.5, 0.6) is 0 Å². The van der Waals surface area contributed by atoms with Crippen LogP contribution in [-0.4, -0.2) is 23.2 Å². The van der Waals surface area contributed by atoms with Gasteiger partial charge in [0.2, 0.25) is 6.08 Å². The van der Waals surface area contributed by atoms with Crippen LogP contribution in [0, 0.1) is 5.92 Å². The van der Waals surface area contributed by atoms with Crippen LogP contribution in [0.1, 0.15) is 20.3 Å². The van der Waals surface area contributed by atoms with Crippen molar-refractivity contribution in [1.29, 1.82) is 0 Å². The van der Waals surface area contributed by atoms with E-state index in [1.807, 2.05) is 13.8 Å². The van der Waals surface area contributed by atoms with Gasteiger partial charge in [0.15, 0.2) is 6.04 Å². The molecule has 0 fully saturated rings. The van der Waals surface area contributed by atoms with Gasteiger partial charge in [-0.05, 0) is 12.3 Å². The van der Waals surface area contributed by atoms with Crippen molar-refractivity contribution in [1.82, 2.24) is 0 Å². The summed E-state index contributed by atoms with van der Waals surface area (Å²) in [4.78, 5) is 23.3. The van der Waals surface area contributed by atoms with Gasteiger partial charge in [0.05, 0.1) is 0 Å². The number of aliphatic imine (C=N–C) groups is 1. The summed E-state index contributed by atoms with van der Waals surface area (Å²) >= 11 is 0. The number of carboxylic acid groups (broad SMARTS) is 1. The van der Waals surface area contributed by atoms with Crippen LogP contribution >= 0.6 is 0 Å². The molecule has 0 rings (SSSR count). The van der Waals surface area contributed by atoms with Gasteiger partial charge in [-0.3, -0.25) is 0 Å². The zero-order valence-electron chi connectivity index (χ0n) is 6.57. The molecule has 0 radical (unpaired) electrons. The second-order valence-corrected chi connectivity index (χ2v) is 2.70. The fourth-order valence-corrected chi connectivity index (χ4v) is 0.719. The van der Waals surface area contributed by atoms with E-state index in [0.717, 1.165) is 0 Å². The SMILES string of the molecule is CC(C)C[C@H](N=C=O)C(=O)O. The zero-order chi connectivity index (χ0) is 8.85. The van der Waals surface area contributed by atoms with Crippen LogP contribution < -0.4 is 0 Å². The van der Waals surface area contributed by atoms with Crippen LogP contribution in [0.2, 0.25) is 0 Å². The van der Waals surface area contributed by atoms with Crippen molar-refractivity contribution in [2.45, 2.75) is 26.3 Å². The van der Waals surface area contributed by atoms with Crippen molar-refractivity contribution >= 4 is 12.0 Å². The molecule has 0 bridgehead atoms. The molecule has 0 aromatic rings. The predicted octanol–water partition coefficient (Wildman–Crippen LogP) is 0.822. The number of hydrogen-bond donors (Lipinski definition) is 1. The van der Waals surface area contributed by atoms with E-state index in [9.17, 15) is 9.59 Å². The quantitative estimate of drug-likeness (QED) is 0.485. The fourth-order valence-electron chi connectivity index (χ4n) is 0.719. The number of hydrogen-bond acceptors (Lipinski definition) is 3. The van der Waals surface area contributed by atoms with E-state index in [1.165, 1.54) is 6.08 Å². The van der Waals surface area contributed by atoms with Gasteiger partial charge in [-0.15, -0.1) is 0 Å². The maximum Gasteiger partial charge on any atom is 0.329 e. The normalized spacial score (nSPS) is 12.3. The minimum atomic E-state index is -1.07. The van der Waals surface area contributed by atoms with E-state index < -0.39 is 12.0 Å². The summed E-state index contributed by atoms with van der Waals surface area (Å²) in [6.45, 7) is 3.74. The van der Waals surface area contributed by atoms with Crippen molar-refractivity contribution in [3.63, 3.8) is 0 Å². The van der Waals surface area contributed by atoms with Gasteiger partial charge in [0, 0.05) is 0 Å². The van der Waals surface area contributed by atoms with Gasteiger partial charge < -0.3 is 5.11 Å². The minimum Gasteiger partial charge on any atom is -0.480 e. The standard InChI is InChI=1S/C7H11NO3/c1-5(2)3-6(7(10)11)8-4-9/h5-6H,3H2,1-2H3,(H,10,11)/t6-/m0/s1. The minimum absolute atomic E-state index is 0.216. The molecule has 0 aliphatic rings. The first-order valence-electron chi connectivity index (χ1n) is 3.37. The summed E-state index contributed by atoms with van der Waals surface area (Å²) in [6, 6.07) is -0.924. The van der Waals surface area contributed by atoms with Crippen molar-refractivity contribution in [2.75, 3.05) is 0 Å². The van der Waals surface area contributed by atoms with E-state index in [4.69, 9.17) is 5.11 Å². The summed E-state index contributed by atoms with van der Waals surface area (Å²) in [5, 5.41) is 8.48. The topological polar surface area (TPSA) is 66.7 Å². The molecule has 0 amide bonds. The van der Waals surface area contributed by atoms with Crippen LogP contribution in [-0.2, 0) is 9.59 Å². The van der Waals surface area contributed by atoms with Crippen molar-refractivity contribution < 1.29 is 14.7 Å². The molecule has 4 nitrogen and oxygen atoms in total. The van der Waals surface area contributed by atoms with Crippen molar-refractivity contribution in [3.05, 3.63) is 0 Å². The number of nitrogens with zero attached hydrogens (tertiary/aromatic N) is 1. The lowest BCUT2D eigenvalue weighted by atomic mass is 10.0. The van der Waals surface area contributed by atoms with Crippen LogP contribution in [0.15, 0.2) is 4.99 Å². The molecule has 0 unspecified atom stereocenters. The molecule has 1 N–H and O–H groups in total. The Hall–Kier alpha value is -1.15. The van der Waals surface area contributed by atoms with Gasteiger partial charge in [0.1, 0.15) is 0 Å². The maximum absolute atomic E-state index is 10.4. The first kappa shape index (κ1) is 9.85. The lowest BCUT2D eigenvalue weighted by Crippen LogP contribution is -2.19. The molecule has 0 saturated carbocycles. The highest BCUT2D eigenvalue weighted by Crippen LogP contribution is 2.07. The highest BCUT2D eigenvalue weighted by molar-refractivity contribution is 5.74. The number of carboxylic acids is 1. The molecular weight excluding hydrogens is 146 g/mol. The Morgan fingerprint density at radius 1 is 1.64 bits per heavy atom. The average Bonchev–Trinajstić information content (AvgIpc) is 1.86. The Kier molecular flexibility index (Phi) is 4.15. The zero-order valence-corrected chi connectivity index (χ0v) is 6.57. The molecule has 0 spiro atoms. The van der Waals surface area contributed by atoms with Crippen molar-refractivity contribution in [2.24, 2.45) is 10.9 Å². The van der Waals surface area contributed by atoms with E-state index in [-0.39, 0.29) is 5.92 Å². The Labute approximate surface area is 64.9 Å². The van der Waals surface area contributed by atoms with Crippen molar-refractivity contribution in [3.8, 4) is 0 Å². The Morgan fingerprint density at radius 3 is 2.45 bits per heavy atom. The second-order valence-electron chi connectivity index (χ2n) is 2.70. The number of carbonyl (C=O) groups excluding carboxylic acids is 1. The van der Waals surface area contributed by atoms with Gasteiger partial charge in [-0.1, -0.05) is 13.8 Å². The predicted molar refractivity (Wildman–Crippen MR) is 39.0 cm³/mol. The highest BCUT2D eigenvalue weighted by Gasteiger charge is 2.16. The lowest BCUT2D eigenvalue weighted by molar-refractivity contribution is -0.138. The molecule has 4 heteroatoms. The van der Waals surface area contributed by atoms with Crippen LogP contribution in [0.3, 0.4) is 0 Å². The monoisotopic (exact) mass is 157 g/mol. The number of carbonyl (C=O) groups is 1. The smallest absolute Gasteiger partial charge is 0.329 e. The first-order valence-corrected chi connectivity index (χ1v) is 3.37. The van der Waals surface area contributed by atoms with Gasteiger partial charge in [-0.2, -0.15) is 4.99 Å². The summed E-state index contributed by atoms with van der Waals surface area (Å²) in [7, 11) is 0. The molecule has 11 heavy (non-hydrogen) atoms.